The average Bonchev–Trinajstić information content (AvgIpc) is 3.45. The summed E-state index contributed by atoms with van der Waals surface area (Å²) < 4.78 is 106. The lowest BCUT2D eigenvalue weighted by molar-refractivity contribution is -0.150. The summed E-state index contributed by atoms with van der Waals surface area (Å²) in [6.45, 7) is 0. The molecular formula is C22H11F4I3O9S. The van der Waals surface area contributed by atoms with Crippen molar-refractivity contribution in [1.82, 2.24) is 0 Å². The topological polar surface area (TPSA) is 133 Å². The molecule has 2 bridgehead atoms. The maximum atomic E-state index is 14.5. The van der Waals surface area contributed by atoms with Gasteiger partial charge in [0.25, 0.3) is 0 Å². The van der Waals surface area contributed by atoms with Gasteiger partial charge in [0.05, 0.1) is 5.56 Å². The third-order valence-corrected chi connectivity index (χ3v) is 11.5. The van der Waals surface area contributed by atoms with Gasteiger partial charge in [-0.15, -0.1) is 0 Å². The Labute approximate surface area is 257 Å². The van der Waals surface area contributed by atoms with Gasteiger partial charge >= 0.3 is 28.0 Å². The third kappa shape index (κ3) is 4.72. The number of halogens is 7. The van der Waals surface area contributed by atoms with Gasteiger partial charge < -0.3 is 14.2 Å². The predicted molar refractivity (Wildman–Crippen MR) is 144 cm³/mol. The van der Waals surface area contributed by atoms with E-state index >= 15 is 0 Å². The minimum absolute atomic E-state index is 0.148. The highest BCUT2D eigenvalue weighted by atomic mass is 127. The normalized spacial score (nSPS) is 27.0. The van der Waals surface area contributed by atoms with E-state index in [0.29, 0.717) is 3.57 Å². The lowest BCUT2D eigenvalue weighted by Gasteiger charge is -2.30. The van der Waals surface area contributed by atoms with Gasteiger partial charge in [-0.3, -0.25) is 14.1 Å². The number of fused-ring (bicyclic) bond motifs is 1. The summed E-state index contributed by atoms with van der Waals surface area (Å²) in [5, 5.41) is 0. The van der Waals surface area contributed by atoms with E-state index in [-0.39, 0.29) is 12.0 Å². The van der Waals surface area contributed by atoms with Crippen LogP contribution in [0.3, 0.4) is 0 Å². The van der Waals surface area contributed by atoms with Gasteiger partial charge in [0.1, 0.15) is 24.0 Å². The van der Waals surface area contributed by atoms with Crippen molar-refractivity contribution in [2.45, 2.75) is 23.5 Å². The minimum Gasteiger partial charge on any atom is -0.461 e. The average molecular weight is 908 g/mol. The summed E-state index contributed by atoms with van der Waals surface area (Å²) in [7, 11) is -5.72. The van der Waals surface area contributed by atoms with Gasteiger partial charge in [-0.2, -0.15) is 17.2 Å². The first-order valence-electron chi connectivity index (χ1n) is 10.7. The van der Waals surface area contributed by atoms with E-state index in [1.165, 1.54) is 0 Å². The zero-order valence-corrected chi connectivity index (χ0v) is 25.9. The fraction of sp³-hybridized carbons (Fsp3) is 0.318. The highest BCUT2D eigenvalue weighted by molar-refractivity contribution is 14.1. The summed E-state index contributed by atoms with van der Waals surface area (Å²) in [4.78, 5) is 36.4. The van der Waals surface area contributed by atoms with Crippen LogP contribution in [0.4, 0.5) is 17.6 Å². The van der Waals surface area contributed by atoms with Gasteiger partial charge in [0.15, 0.2) is 16.5 Å². The Hall–Kier alpha value is -1.33. The Morgan fingerprint density at radius 3 is 2.21 bits per heavy atom. The minimum atomic E-state index is -5.72. The maximum Gasteiger partial charge on any atom is 0.339 e. The Balaban J connectivity index is 1.45. The number of carbonyl (C=O) groups excluding carboxylic acids is 3. The maximum absolute atomic E-state index is 14.5. The molecule has 0 radical (unpaired) electrons. The highest BCUT2D eigenvalue weighted by Gasteiger charge is 2.70. The van der Waals surface area contributed by atoms with Crippen LogP contribution in [0.1, 0.15) is 16.8 Å². The molecular weight excluding hydrogens is 897 g/mol. The molecule has 9 nitrogen and oxygen atoms in total. The Bertz CT molecular complexity index is 1560. The largest absolute Gasteiger partial charge is 0.461 e. The van der Waals surface area contributed by atoms with E-state index in [1.54, 1.807) is 6.07 Å². The number of ether oxygens (including phenoxy) is 3. The van der Waals surface area contributed by atoms with Crippen molar-refractivity contribution in [3.05, 3.63) is 51.7 Å². The zero-order chi connectivity index (χ0) is 28.7. The van der Waals surface area contributed by atoms with Crippen molar-refractivity contribution in [2.75, 3.05) is 0 Å². The summed E-state index contributed by atoms with van der Waals surface area (Å²) >= 11 is 6.00. The molecule has 1 aliphatic heterocycles. The van der Waals surface area contributed by atoms with E-state index in [9.17, 15) is 40.4 Å². The summed E-state index contributed by atoms with van der Waals surface area (Å²) in [5.74, 6) is -18.5. The van der Waals surface area contributed by atoms with Crippen LogP contribution < -0.4 is 4.74 Å². The zero-order valence-electron chi connectivity index (χ0n) is 18.6. The molecule has 3 fully saturated rings. The molecule has 1 saturated heterocycles. The molecule has 6 atom stereocenters. The monoisotopic (exact) mass is 908 g/mol. The van der Waals surface area contributed by atoms with E-state index in [0.717, 1.165) is 7.14 Å². The molecule has 1 heterocycles. The Morgan fingerprint density at radius 1 is 1.00 bits per heavy atom. The smallest absolute Gasteiger partial charge is 0.339 e. The molecule has 2 saturated carbocycles. The standard InChI is InChI=1S/C22H11F4I3O9S/c23-11-13(25)19(39(33,34)35)14(26)12(24)18(11)38-22(32)10-5-3-6-9(21(31)37-17(6)10)16(5)36-20(30)7-1-4(27)2-8(28)15(7)29/h1-2,5-6,9-10,16-17H,3H2,(H,33,34,35). The van der Waals surface area contributed by atoms with E-state index in [1.807, 2.05) is 73.8 Å². The molecule has 17 heteroatoms. The molecule has 6 unspecified atom stereocenters. The van der Waals surface area contributed by atoms with Crippen LogP contribution in [-0.4, -0.2) is 43.1 Å². The van der Waals surface area contributed by atoms with Gasteiger partial charge in [-0.1, -0.05) is 0 Å². The molecule has 3 aliphatic rings. The number of hydrogen-bond acceptors (Lipinski definition) is 8. The van der Waals surface area contributed by atoms with Crippen LogP contribution in [-0.2, 0) is 29.2 Å². The van der Waals surface area contributed by atoms with Gasteiger partial charge in [-0.25, -0.2) is 13.6 Å². The fourth-order valence-electron chi connectivity index (χ4n) is 5.42. The molecule has 5 rings (SSSR count). The molecule has 0 amide bonds. The first-order chi connectivity index (χ1) is 18.1. The quantitative estimate of drug-likeness (QED) is 0.117. The van der Waals surface area contributed by atoms with Crippen molar-refractivity contribution in [1.29, 1.82) is 0 Å². The lowest BCUT2D eigenvalue weighted by atomic mass is 9.80. The SMILES string of the molecule is O=C(OC1C2CC3C(OC(=O)C31)C2C(=O)Oc1c(F)c(F)c(S(=O)(=O)O)c(F)c1F)c1cc(I)cc(I)c1I. The van der Waals surface area contributed by atoms with Gasteiger partial charge in [-0.05, 0) is 86.3 Å². The Morgan fingerprint density at radius 2 is 1.62 bits per heavy atom. The summed E-state index contributed by atoms with van der Waals surface area (Å²) in [5.41, 5.74) is 0.214. The number of rotatable bonds is 5. The van der Waals surface area contributed by atoms with Crippen molar-refractivity contribution in [2.24, 2.45) is 23.7 Å². The van der Waals surface area contributed by atoms with E-state index in [4.69, 9.17) is 14.0 Å². The molecule has 208 valence electrons. The lowest BCUT2D eigenvalue weighted by Crippen LogP contribution is -2.44. The fourth-order valence-corrected chi connectivity index (χ4v) is 8.43. The number of esters is 3. The number of hydrogen-bond donors (Lipinski definition) is 1. The molecule has 1 N–H and O–H groups in total. The van der Waals surface area contributed by atoms with Crippen molar-refractivity contribution < 1.29 is 59.1 Å². The molecule has 2 aromatic rings. The highest BCUT2D eigenvalue weighted by Crippen LogP contribution is 2.59. The Kier molecular flexibility index (Phi) is 7.62. The van der Waals surface area contributed by atoms with Gasteiger partial charge in [0.2, 0.25) is 17.4 Å². The first-order valence-corrected chi connectivity index (χ1v) is 15.4. The molecule has 0 aromatic heterocycles. The van der Waals surface area contributed by atoms with E-state index < -0.39 is 97.8 Å². The molecule has 2 aliphatic carbocycles. The second kappa shape index (κ2) is 10.2. The van der Waals surface area contributed by atoms with Gasteiger partial charge in [0, 0.05) is 22.5 Å². The summed E-state index contributed by atoms with van der Waals surface area (Å²) in [6.07, 6.45) is -2.12. The predicted octanol–water partition coefficient (Wildman–Crippen LogP) is 4.24. The van der Waals surface area contributed by atoms with Crippen LogP contribution in [0.25, 0.3) is 0 Å². The van der Waals surface area contributed by atoms with E-state index in [2.05, 4.69) is 4.74 Å². The molecule has 39 heavy (non-hydrogen) atoms. The van der Waals surface area contributed by atoms with Crippen LogP contribution >= 0.6 is 67.8 Å². The van der Waals surface area contributed by atoms with Crippen LogP contribution in [0.5, 0.6) is 5.75 Å². The summed E-state index contributed by atoms with van der Waals surface area (Å²) in [6, 6.07) is 3.40. The third-order valence-electron chi connectivity index (χ3n) is 6.91. The number of benzene rings is 2. The van der Waals surface area contributed by atoms with Crippen molar-refractivity contribution in [3.63, 3.8) is 0 Å². The van der Waals surface area contributed by atoms with Crippen molar-refractivity contribution >= 4 is 95.8 Å². The van der Waals surface area contributed by atoms with Crippen LogP contribution in [0.15, 0.2) is 17.0 Å². The van der Waals surface area contributed by atoms with Crippen molar-refractivity contribution in [3.8, 4) is 5.75 Å². The van der Waals surface area contributed by atoms with Crippen LogP contribution in [0.2, 0.25) is 0 Å². The second-order valence-electron chi connectivity index (χ2n) is 8.95. The van der Waals surface area contributed by atoms with Crippen LogP contribution in [0, 0.1) is 57.7 Å². The molecule has 2 aromatic carbocycles. The molecule has 0 spiro atoms. The second-order valence-corrected chi connectivity index (χ2v) is 13.8. The number of carbonyl (C=O) groups is 3. The first kappa shape index (κ1) is 29.2.